The highest BCUT2D eigenvalue weighted by molar-refractivity contribution is 5.89. The van der Waals surface area contributed by atoms with Crippen molar-refractivity contribution in [2.24, 2.45) is 0 Å². The fourth-order valence-corrected chi connectivity index (χ4v) is 2.13. The van der Waals surface area contributed by atoms with E-state index in [-0.39, 0.29) is 19.4 Å². The molecule has 21 heavy (non-hydrogen) atoms. The fourth-order valence-electron chi connectivity index (χ4n) is 2.13. The van der Waals surface area contributed by atoms with E-state index in [4.69, 9.17) is 14.6 Å². The van der Waals surface area contributed by atoms with E-state index in [1.54, 1.807) is 0 Å². The number of aliphatic carboxylic acids is 1. The normalized spacial score (nSPS) is 12.3. The molecule has 0 radical (unpaired) electrons. The maximum absolute atomic E-state index is 11.9. The van der Waals surface area contributed by atoms with Crippen LogP contribution in [0.1, 0.15) is 17.5 Å². The van der Waals surface area contributed by atoms with E-state index >= 15 is 0 Å². The molecule has 3 N–H and O–H groups in total. The van der Waals surface area contributed by atoms with Crippen molar-refractivity contribution >= 4 is 22.8 Å². The van der Waals surface area contributed by atoms with Crippen molar-refractivity contribution in [3.8, 4) is 0 Å². The highest BCUT2D eigenvalue weighted by Crippen LogP contribution is 2.22. The summed E-state index contributed by atoms with van der Waals surface area (Å²) in [6, 6.07) is 4.59. The molecule has 0 saturated carbocycles. The summed E-state index contributed by atoms with van der Waals surface area (Å²) in [5, 5.41) is 21.0. The van der Waals surface area contributed by atoms with Crippen LogP contribution in [0.3, 0.4) is 0 Å². The Labute approximate surface area is 121 Å². The summed E-state index contributed by atoms with van der Waals surface area (Å²) in [4.78, 5) is 22.8. The summed E-state index contributed by atoms with van der Waals surface area (Å²) in [5.41, 5.74) is 2.46. The van der Waals surface area contributed by atoms with Gasteiger partial charge in [0, 0.05) is 24.0 Å². The lowest BCUT2D eigenvalue weighted by molar-refractivity contribution is -0.142. The number of carbonyl (C=O) groups excluding carboxylic acids is 1. The van der Waals surface area contributed by atoms with Crippen LogP contribution in [0.25, 0.3) is 11.0 Å². The molecule has 112 valence electrons. The number of carboxylic acid groups (broad SMARTS) is 1. The lowest BCUT2D eigenvalue weighted by Crippen LogP contribution is -2.42. The monoisotopic (exact) mass is 291 g/mol. The van der Waals surface area contributed by atoms with E-state index in [9.17, 15) is 9.59 Å². The molecule has 0 saturated heterocycles. The standard InChI is InChI=1S/C15H17NO5/c1-9-2-3-11-10(8-21-13(11)6-9)7-14(18)16-12(4-5-17)15(19)20/h2-3,6,8,12,17H,4-5,7H2,1H3,(H,16,18)(H,19,20). The molecule has 0 fully saturated rings. The van der Waals surface area contributed by atoms with E-state index in [2.05, 4.69) is 5.32 Å². The van der Waals surface area contributed by atoms with Gasteiger partial charge in [-0.15, -0.1) is 0 Å². The topological polar surface area (TPSA) is 99.8 Å². The van der Waals surface area contributed by atoms with Gasteiger partial charge >= 0.3 is 5.97 Å². The van der Waals surface area contributed by atoms with Gasteiger partial charge in [0.15, 0.2) is 0 Å². The lowest BCUT2D eigenvalue weighted by atomic mass is 10.1. The molecule has 6 nitrogen and oxygen atoms in total. The van der Waals surface area contributed by atoms with E-state index in [0.29, 0.717) is 11.1 Å². The first-order chi connectivity index (χ1) is 10.0. The minimum atomic E-state index is -1.16. The number of benzene rings is 1. The van der Waals surface area contributed by atoms with Crippen molar-refractivity contribution in [3.63, 3.8) is 0 Å². The van der Waals surface area contributed by atoms with Crippen molar-refractivity contribution in [2.75, 3.05) is 6.61 Å². The van der Waals surface area contributed by atoms with Crippen LogP contribution in [-0.4, -0.2) is 34.7 Å². The number of amides is 1. The molecule has 1 aromatic carbocycles. The van der Waals surface area contributed by atoms with Gasteiger partial charge in [0.1, 0.15) is 11.6 Å². The Morgan fingerprint density at radius 1 is 1.38 bits per heavy atom. The van der Waals surface area contributed by atoms with E-state index in [1.807, 2.05) is 25.1 Å². The minimum Gasteiger partial charge on any atom is -0.480 e. The Hall–Kier alpha value is -2.34. The molecule has 1 atom stereocenters. The Morgan fingerprint density at radius 2 is 2.14 bits per heavy atom. The summed E-state index contributed by atoms with van der Waals surface area (Å²) in [7, 11) is 0. The summed E-state index contributed by atoms with van der Waals surface area (Å²) >= 11 is 0. The van der Waals surface area contributed by atoms with Crippen LogP contribution in [0.2, 0.25) is 0 Å². The fraction of sp³-hybridized carbons (Fsp3) is 0.333. The van der Waals surface area contributed by atoms with Crippen LogP contribution >= 0.6 is 0 Å². The number of fused-ring (bicyclic) bond motifs is 1. The average molecular weight is 291 g/mol. The van der Waals surface area contributed by atoms with Crippen LogP contribution in [0.15, 0.2) is 28.9 Å². The second kappa shape index (κ2) is 6.41. The molecule has 6 heteroatoms. The number of aryl methyl sites for hydroxylation is 1. The van der Waals surface area contributed by atoms with Crippen LogP contribution in [-0.2, 0) is 16.0 Å². The van der Waals surface area contributed by atoms with Gasteiger partial charge in [0.25, 0.3) is 0 Å². The maximum Gasteiger partial charge on any atom is 0.326 e. The molecule has 2 rings (SSSR count). The third-order valence-electron chi connectivity index (χ3n) is 3.21. The Bertz CT molecular complexity index is 661. The van der Waals surface area contributed by atoms with Crippen LogP contribution in [0, 0.1) is 6.92 Å². The van der Waals surface area contributed by atoms with Gasteiger partial charge in [-0.1, -0.05) is 12.1 Å². The molecular weight excluding hydrogens is 274 g/mol. The summed E-state index contributed by atoms with van der Waals surface area (Å²) in [6.07, 6.45) is 1.52. The lowest BCUT2D eigenvalue weighted by Gasteiger charge is -2.12. The Balaban J connectivity index is 2.09. The van der Waals surface area contributed by atoms with Crippen molar-refractivity contribution in [1.82, 2.24) is 5.32 Å². The summed E-state index contributed by atoms with van der Waals surface area (Å²) in [6.45, 7) is 1.64. The van der Waals surface area contributed by atoms with Crippen LogP contribution in [0.4, 0.5) is 0 Å². The molecular formula is C15H17NO5. The quantitative estimate of drug-likeness (QED) is 0.743. The van der Waals surface area contributed by atoms with Crippen molar-refractivity contribution < 1.29 is 24.2 Å². The highest BCUT2D eigenvalue weighted by atomic mass is 16.4. The number of aliphatic hydroxyl groups is 1. The number of hydrogen-bond donors (Lipinski definition) is 3. The zero-order chi connectivity index (χ0) is 15.4. The van der Waals surface area contributed by atoms with Gasteiger partial charge in [0.2, 0.25) is 5.91 Å². The molecule has 0 aliphatic rings. The van der Waals surface area contributed by atoms with Gasteiger partial charge in [-0.2, -0.15) is 0 Å². The zero-order valence-electron chi connectivity index (χ0n) is 11.6. The third-order valence-corrected chi connectivity index (χ3v) is 3.21. The molecule has 1 aromatic heterocycles. The van der Waals surface area contributed by atoms with E-state index in [0.717, 1.165) is 10.9 Å². The first-order valence-corrected chi connectivity index (χ1v) is 6.61. The molecule has 0 spiro atoms. The number of rotatable bonds is 6. The Morgan fingerprint density at radius 3 is 2.81 bits per heavy atom. The number of aliphatic hydroxyl groups excluding tert-OH is 1. The minimum absolute atomic E-state index is 0.0214. The summed E-state index contributed by atoms with van der Waals surface area (Å²) < 4.78 is 5.39. The zero-order valence-corrected chi connectivity index (χ0v) is 11.6. The number of carbonyl (C=O) groups is 2. The average Bonchev–Trinajstić information content (AvgIpc) is 2.80. The van der Waals surface area contributed by atoms with Gasteiger partial charge < -0.3 is 19.9 Å². The number of hydrogen-bond acceptors (Lipinski definition) is 4. The number of carboxylic acids is 1. The molecule has 0 aliphatic heterocycles. The van der Waals surface area contributed by atoms with Gasteiger partial charge in [0.05, 0.1) is 12.7 Å². The predicted molar refractivity (Wildman–Crippen MR) is 75.9 cm³/mol. The van der Waals surface area contributed by atoms with Crippen molar-refractivity contribution in [3.05, 3.63) is 35.6 Å². The molecule has 1 unspecified atom stereocenters. The molecule has 0 bridgehead atoms. The summed E-state index contributed by atoms with van der Waals surface area (Å²) in [5.74, 6) is -1.58. The van der Waals surface area contributed by atoms with Gasteiger partial charge in [-0.3, -0.25) is 4.79 Å². The highest BCUT2D eigenvalue weighted by Gasteiger charge is 2.20. The first-order valence-electron chi connectivity index (χ1n) is 6.61. The largest absolute Gasteiger partial charge is 0.480 e. The van der Waals surface area contributed by atoms with Crippen molar-refractivity contribution in [2.45, 2.75) is 25.8 Å². The molecule has 1 amide bonds. The second-order valence-electron chi connectivity index (χ2n) is 4.91. The van der Waals surface area contributed by atoms with Gasteiger partial charge in [-0.25, -0.2) is 4.79 Å². The number of nitrogens with one attached hydrogen (secondary N) is 1. The van der Waals surface area contributed by atoms with Crippen molar-refractivity contribution in [1.29, 1.82) is 0 Å². The third kappa shape index (κ3) is 3.61. The second-order valence-corrected chi connectivity index (χ2v) is 4.91. The SMILES string of the molecule is Cc1ccc2c(CC(=O)NC(CCO)C(=O)O)coc2c1. The van der Waals surface area contributed by atoms with E-state index < -0.39 is 17.9 Å². The molecule has 2 aromatic rings. The van der Waals surface area contributed by atoms with Gasteiger partial charge in [-0.05, 0) is 18.6 Å². The Kier molecular flexibility index (Phi) is 4.59. The maximum atomic E-state index is 11.9. The van der Waals surface area contributed by atoms with Crippen LogP contribution in [0.5, 0.6) is 0 Å². The molecule has 1 heterocycles. The molecule has 0 aliphatic carbocycles. The smallest absolute Gasteiger partial charge is 0.326 e. The first kappa shape index (κ1) is 15.1. The van der Waals surface area contributed by atoms with Crippen LogP contribution < -0.4 is 5.32 Å². The van der Waals surface area contributed by atoms with E-state index in [1.165, 1.54) is 6.26 Å². The predicted octanol–water partition coefficient (Wildman–Crippen LogP) is 1.24. The number of furan rings is 1.